The second kappa shape index (κ2) is 7.09. The van der Waals surface area contributed by atoms with Crippen LogP contribution in [0.15, 0.2) is 18.3 Å². The number of hydrogen-bond acceptors (Lipinski definition) is 6. The summed E-state index contributed by atoms with van der Waals surface area (Å²) in [4.78, 5) is 15.1. The summed E-state index contributed by atoms with van der Waals surface area (Å²) in [7, 11) is 0. The van der Waals surface area contributed by atoms with Gasteiger partial charge in [-0.3, -0.25) is 5.10 Å². The maximum absolute atomic E-state index is 4.86. The zero-order chi connectivity index (χ0) is 19.9. The van der Waals surface area contributed by atoms with Crippen molar-refractivity contribution in [2.24, 2.45) is 5.92 Å². The Hall–Kier alpha value is -2.61. The van der Waals surface area contributed by atoms with Gasteiger partial charge in [-0.25, -0.2) is 0 Å². The number of aromatic amines is 2. The number of aromatic nitrogens is 5. The molecule has 3 aromatic heterocycles. The second-order valence-electron chi connectivity index (χ2n) is 8.90. The number of nitrogens with zero attached hydrogens (tertiary/aromatic N) is 4. The van der Waals surface area contributed by atoms with Crippen molar-refractivity contribution < 1.29 is 0 Å². The Morgan fingerprint density at radius 1 is 1.25 bits per heavy atom. The van der Waals surface area contributed by atoms with Gasteiger partial charge in [0.15, 0.2) is 5.82 Å². The van der Waals surface area contributed by atoms with Crippen LogP contribution in [-0.2, 0) is 5.41 Å². The van der Waals surface area contributed by atoms with E-state index in [-0.39, 0.29) is 5.41 Å². The zero-order valence-electron chi connectivity index (χ0n) is 17.3. The van der Waals surface area contributed by atoms with Gasteiger partial charge in [0.2, 0.25) is 5.95 Å². The quantitative estimate of drug-likeness (QED) is 0.553. The van der Waals surface area contributed by atoms with E-state index in [1.165, 1.54) is 0 Å². The molecule has 150 valence electrons. The summed E-state index contributed by atoms with van der Waals surface area (Å²) in [6, 6.07) is 4.47. The van der Waals surface area contributed by atoms with Gasteiger partial charge in [-0.05, 0) is 12.0 Å². The monoisotopic (exact) mass is 382 g/mol. The molecule has 0 amide bonds. The average Bonchev–Trinajstić information content (AvgIpc) is 3.30. The first kappa shape index (κ1) is 18.7. The molecule has 0 bridgehead atoms. The molecule has 0 aromatic carbocycles. The first-order valence-corrected chi connectivity index (χ1v) is 9.97. The molecule has 0 unspecified atom stereocenters. The fraction of sp³-hybridized carbons (Fsp3) is 0.550. The van der Waals surface area contributed by atoms with Crippen molar-refractivity contribution in [2.45, 2.75) is 46.1 Å². The van der Waals surface area contributed by atoms with Gasteiger partial charge in [0.1, 0.15) is 11.5 Å². The fourth-order valence-electron chi connectivity index (χ4n) is 3.46. The number of anilines is 3. The molecule has 0 saturated carbocycles. The number of H-pyrrole nitrogens is 2. The van der Waals surface area contributed by atoms with E-state index in [1.807, 2.05) is 18.3 Å². The third kappa shape index (κ3) is 3.69. The Balaban J connectivity index is 1.65. The number of rotatable bonds is 4. The highest BCUT2D eigenvalue weighted by molar-refractivity contribution is 5.89. The van der Waals surface area contributed by atoms with Crippen LogP contribution >= 0.6 is 0 Å². The number of fused-ring (bicyclic) bond motifs is 1. The fourth-order valence-corrected chi connectivity index (χ4v) is 3.46. The highest BCUT2D eigenvalue weighted by Gasteiger charge is 2.25. The van der Waals surface area contributed by atoms with E-state index in [4.69, 9.17) is 9.97 Å². The van der Waals surface area contributed by atoms with Gasteiger partial charge in [0.25, 0.3) is 0 Å². The maximum Gasteiger partial charge on any atom is 0.229 e. The zero-order valence-corrected chi connectivity index (χ0v) is 17.3. The van der Waals surface area contributed by atoms with E-state index in [0.717, 1.165) is 53.9 Å². The molecule has 1 aliphatic rings. The third-order valence-corrected chi connectivity index (χ3v) is 5.33. The molecule has 0 aliphatic carbocycles. The molecule has 3 aromatic rings. The molecular formula is C20H30N8. The van der Waals surface area contributed by atoms with E-state index < -0.39 is 0 Å². The molecule has 4 N–H and O–H groups in total. The van der Waals surface area contributed by atoms with E-state index >= 15 is 0 Å². The lowest BCUT2D eigenvalue weighted by Gasteiger charge is -2.35. The van der Waals surface area contributed by atoms with Crippen molar-refractivity contribution in [3.05, 3.63) is 24.0 Å². The van der Waals surface area contributed by atoms with Crippen LogP contribution in [0.4, 0.5) is 17.6 Å². The van der Waals surface area contributed by atoms with Gasteiger partial charge in [0.05, 0.1) is 5.39 Å². The lowest BCUT2D eigenvalue weighted by atomic mass is 9.92. The lowest BCUT2D eigenvalue weighted by molar-refractivity contribution is 0.366. The second-order valence-corrected chi connectivity index (χ2v) is 8.90. The highest BCUT2D eigenvalue weighted by atomic mass is 15.3. The standard InChI is InChI=1S/C20H30N8/c1-12(2)14-11-28(9-8-21-14)19-24-17-13(6-7-22-17)18(25-19)23-16-10-15(26-27-16)20(3,4)5/h6-7,10,12,14,21H,8-9,11H2,1-5H3,(H3,22,23,24,25,26,27)/t14-/m0/s1. The maximum atomic E-state index is 4.86. The van der Waals surface area contributed by atoms with Crippen LogP contribution in [0.2, 0.25) is 0 Å². The number of piperazine rings is 1. The van der Waals surface area contributed by atoms with Crippen LogP contribution in [0.1, 0.15) is 40.3 Å². The van der Waals surface area contributed by atoms with E-state index in [0.29, 0.717) is 12.0 Å². The van der Waals surface area contributed by atoms with E-state index in [1.54, 1.807) is 0 Å². The Labute approximate surface area is 165 Å². The largest absolute Gasteiger partial charge is 0.346 e. The van der Waals surface area contributed by atoms with Crippen molar-refractivity contribution in [1.29, 1.82) is 0 Å². The summed E-state index contributed by atoms with van der Waals surface area (Å²) in [5.41, 5.74) is 1.93. The molecule has 1 aliphatic heterocycles. The van der Waals surface area contributed by atoms with Gasteiger partial charge in [-0.1, -0.05) is 34.6 Å². The van der Waals surface area contributed by atoms with E-state index in [9.17, 15) is 0 Å². The van der Waals surface area contributed by atoms with Crippen molar-refractivity contribution in [2.75, 3.05) is 29.9 Å². The Morgan fingerprint density at radius 2 is 2.07 bits per heavy atom. The Bertz CT molecular complexity index is 949. The lowest BCUT2D eigenvalue weighted by Crippen LogP contribution is -2.53. The summed E-state index contributed by atoms with van der Waals surface area (Å²) < 4.78 is 0. The molecule has 4 rings (SSSR count). The smallest absolute Gasteiger partial charge is 0.229 e. The summed E-state index contributed by atoms with van der Waals surface area (Å²) in [5, 5.41) is 15.5. The highest BCUT2D eigenvalue weighted by Crippen LogP contribution is 2.28. The molecular weight excluding hydrogens is 352 g/mol. The van der Waals surface area contributed by atoms with Gasteiger partial charge >= 0.3 is 0 Å². The summed E-state index contributed by atoms with van der Waals surface area (Å²) >= 11 is 0. The SMILES string of the molecule is CC(C)[C@@H]1CN(c2nc(Nc3cc(C(C)(C)C)[nH]n3)c3cc[nH]c3n2)CCN1. The van der Waals surface area contributed by atoms with Crippen molar-refractivity contribution in [1.82, 2.24) is 30.5 Å². The first-order chi connectivity index (χ1) is 13.3. The molecule has 0 radical (unpaired) electrons. The van der Waals surface area contributed by atoms with Crippen LogP contribution < -0.4 is 15.5 Å². The third-order valence-electron chi connectivity index (χ3n) is 5.33. The molecule has 4 heterocycles. The summed E-state index contributed by atoms with van der Waals surface area (Å²) in [6.07, 6.45) is 1.90. The molecule has 1 saturated heterocycles. The van der Waals surface area contributed by atoms with Gasteiger partial charge in [-0.2, -0.15) is 15.1 Å². The number of hydrogen-bond donors (Lipinski definition) is 4. The van der Waals surface area contributed by atoms with Crippen LogP contribution in [0, 0.1) is 5.92 Å². The average molecular weight is 383 g/mol. The van der Waals surface area contributed by atoms with Crippen molar-refractivity contribution in [3.63, 3.8) is 0 Å². The minimum Gasteiger partial charge on any atom is -0.346 e. The first-order valence-electron chi connectivity index (χ1n) is 9.97. The van der Waals surface area contributed by atoms with Gasteiger partial charge in [-0.15, -0.1) is 0 Å². The van der Waals surface area contributed by atoms with Crippen LogP contribution in [-0.4, -0.2) is 50.8 Å². The van der Waals surface area contributed by atoms with Crippen LogP contribution in [0.5, 0.6) is 0 Å². The minimum absolute atomic E-state index is 0.0137. The molecule has 0 spiro atoms. The topological polar surface area (TPSA) is 97.5 Å². The summed E-state index contributed by atoms with van der Waals surface area (Å²) in [5.74, 6) is 2.84. The Kier molecular flexibility index (Phi) is 4.74. The molecule has 8 heteroatoms. The predicted octanol–water partition coefficient (Wildman–Crippen LogP) is 3.16. The van der Waals surface area contributed by atoms with E-state index in [2.05, 4.69) is 65.3 Å². The van der Waals surface area contributed by atoms with Crippen LogP contribution in [0.3, 0.4) is 0 Å². The minimum atomic E-state index is 0.0137. The van der Waals surface area contributed by atoms with Gasteiger partial charge < -0.3 is 20.5 Å². The predicted molar refractivity (Wildman–Crippen MR) is 113 cm³/mol. The molecule has 1 atom stereocenters. The van der Waals surface area contributed by atoms with Gasteiger partial charge in [0, 0.05) is 49.0 Å². The normalized spacial score (nSPS) is 18.2. The Morgan fingerprint density at radius 3 is 2.79 bits per heavy atom. The summed E-state index contributed by atoms with van der Waals surface area (Å²) in [6.45, 7) is 13.7. The van der Waals surface area contributed by atoms with Crippen molar-refractivity contribution in [3.8, 4) is 0 Å². The molecule has 28 heavy (non-hydrogen) atoms. The molecule has 1 fully saturated rings. The number of nitrogens with one attached hydrogen (secondary N) is 4. The molecule has 8 nitrogen and oxygen atoms in total. The van der Waals surface area contributed by atoms with Crippen LogP contribution in [0.25, 0.3) is 11.0 Å². The van der Waals surface area contributed by atoms with Crippen molar-refractivity contribution >= 4 is 28.6 Å².